The maximum Gasteiger partial charge on any atom is 0.229 e. The number of methoxy groups -OCH3 is 3. The molecule has 6 aromatic carbocycles. The van der Waals surface area contributed by atoms with Crippen LogP contribution in [-0.4, -0.2) is 225 Å². The predicted molar refractivity (Wildman–Crippen MR) is 318 cm³/mol. The number of benzene rings is 6. The lowest BCUT2D eigenvalue weighted by Crippen LogP contribution is -2.60. The number of hydrogen-bond donors (Lipinski definition) is 18. The van der Waals surface area contributed by atoms with Crippen molar-refractivity contribution in [1.29, 1.82) is 0 Å². The number of hydrogen-bond acceptors (Lipinski definition) is 27. The van der Waals surface area contributed by atoms with Crippen LogP contribution in [0.1, 0.15) is 33.4 Å². The van der Waals surface area contributed by atoms with Gasteiger partial charge in [-0.15, -0.1) is 0 Å². The van der Waals surface area contributed by atoms with Crippen LogP contribution in [0.5, 0.6) is 69.0 Å². The van der Waals surface area contributed by atoms with Crippen LogP contribution in [-0.2, 0) is 14.2 Å². The Hall–Kier alpha value is -8.46. The maximum atomic E-state index is 10.1. The van der Waals surface area contributed by atoms with Gasteiger partial charge in [-0.2, -0.15) is 0 Å². The molecule has 3 aliphatic rings. The summed E-state index contributed by atoms with van der Waals surface area (Å²) < 4.78 is 47.5. The molecule has 27 nitrogen and oxygen atoms in total. The van der Waals surface area contributed by atoms with Crippen LogP contribution < -0.4 is 28.4 Å². The number of aromatic hydroxyl groups is 6. The van der Waals surface area contributed by atoms with Crippen molar-refractivity contribution in [3.05, 3.63) is 143 Å². The molecule has 27 heteroatoms. The fourth-order valence-corrected chi connectivity index (χ4v) is 9.22. The highest BCUT2D eigenvalue weighted by atomic mass is 16.7. The van der Waals surface area contributed by atoms with E-state index in [1.165, 1.54) is 75.9 Å². The van der Waals surface area contributed by atoms with E-state index in [9.17, 15) is 91.9 Å². The predicted octanol–water partition coefficient (Wildman–Crippen LogP) is 1.37. The van der Waals surface area contributed by atoms with Gasteiger partial charge in [-0.1, -0.05) is 54.7 Å². The first kappa shape index (κ1) is 69.0. The molecular weight excluding hydrogens is 1190 g/mol. The molecule has 0 bridgehead atoms. The van der Waals surface area contributed by atoms with E-state index in [2.05, 4.69) is 0 Å². The molecule has 3 saturated heterocycles. The Morgan fingerprint density at radius 2 is 0.556 bits per heavy atom. The third-order valence-corrected chi connectivity index (χ3v) is 14.1. The summed E-state index contributed by atoms with van der Waals surface area (Å²) in [7, 11) is 4.36. The van der Waals surface area contributed by atoms with Gasteiger partial charge >= 0.3 is 0 Å². The third-order valence-electron chi connectivity index (χ3n) is 14.1. The van der Waals surface area contributed by atoms with Crippen molar-refractivity contribution < 1.29 is 135 Å². The molecule has 0 aliphatic carbocycles. The molecule has 15 atom stereocenters. The van der Waals surface area contributed by atoms with Crippen LogP contribution in [0.15, 0.2) is 109 Å². The van der Waals surface area contributed by atoms with Crippen LogP contribution in [0.25, 0.3) is 36.5 Å². The molecule has 0 radical (unpaired) electrons. The highest BCUT2D eigenvalue weighted by Gasteiger charge is 2.47. The Balaban J connectivity index is 0.000000192. The first-order chi connectivity index (χ1) is 42.9. The Kier molecular flexibility index (Phi) is 24.4. The molecule has 3 heterocycles. The molecule has 0 unspecified atom stereocenters. The van der Waals surface area contributed by atoms with E-state index < -0.39 is 112 Å². The second kappa shape index (κ2) is 31.8. The molecule has 0 amide bonds. The molecule has 0 spiro atoms. The first-order valence-corrected chi connectivity index (χ1v) is 27.6. The van der Waals surface area contributed by atoms with Crippen molar-refractivity contribution in [1.82, 2.24) is 0 Å². The van der Waals surface area contributed by atoms with E-state index in [1.807, 2.05) is 0 Å². The first-order valence-electron chi connectivity index (χ1n) is 27.6. The molecular formula is C63H72O27. The summed E-state index contributed by atoms with van der Waals surface area (Å²) in [6.45, 7) is -1.73. The summed E-state index contributed by atoms with van der Waals surface area (Å²) in [5.41, 5.74) is 3.70. The van der Waals surface area contributed by atoms with E-state index in [0.717, 1.165) is 0 Å². The van der Waals surface area contributed by atoms with Gasteiger partial charge in [0.2, 0.25) is 18.9 Å². The second-order valence-corrected chi connectivity index (χ2v) is 20.5. The molecule has 3 fully saturated rings. The SMILES string of the molecule is COc1ccc(/C=C/c2cc(O)cc(O[C@@H]3O[C@H](CO)[C@@H](O)[C@H](O)[C@H]3O)c2)cc1O.COc1ccc(/C=C/c2cc(O)cc(O[C@@H]3O[C@H](CO)[C@@H](O)[C@H](O)[C@H]3O)c2)cc1O.COc1ccc(/C=C/c2cc(O)cc(O[C@@H]3O[C@H](CO)[C@@H](O)[C@H](O)[C@H]3O)c2)cc1O. The van der Waals surface area contributed by atoms with E-state index in [-0.39, 0.29) is 51.7 Å². The van der Waals surface area contributed by atoms with Crippen LogP contribution in [0.3, 0.4) is 0 Å². The van der Waals surface area contributed by atoms with Gasteiger partial charge < -0.3 is 135 Å². The van der Waals surface area contributed by atoms with Crippen LogP contribution in [0.4, 0.5) is 0 Å². The Bertz CT molecular complexity index is 3040. The molecule has 90 heavy (non-hydrogen) atoms. The molecule has 18 N–H and O–H groups in total. The molecule has 6 aromatic rings. The fraction of sp³-hybridized carbons (Fsp3) is 0.333. The van der Waals surface area contributed by atoms with Crippen LogP contribution >= 0.6 is 0 Å². The molecule has 0 aromatic heterocycles. The molecule has 3 aliphatic heterocycles. The van der Waals surface area contributed by atoms with Crippen molar-refractivity contribution in [2.24, 2.45) is 0 Å². The van der Waals surface area contributed by atoms with Crippen LogP contribution in [0.2, 0.25) is 0 Å². The van der Waals surface area contributed by atoms with Gasteiger partial charge in [-0.25, -0.2) is 0 Å². The minimum atomic E-state index is -1.57. The largest absolute Gasteiger partial charge is 0.508 e. The zero-order valence-electron chi connectivity index (χ0n) is 48.4. The zero-order chi connectivity index (χ0) is 65.5. The van der Waals surface area contributed by atoms with Gasteiger partial charge in [-0.3, -0.25) is 0 Å². The fourth-order valence-electron chi connectivity index (χ4n) is 9.22. The van der Waals surface area contributed by atoms with Gasteiger partial charge in [0.1, 0.15) is 108 Å². The standard InChI is InChI=1S/3C21H24O9/c3*1-28-16-5-4-11(8-15(16)24)2-3-12-6-13(23)9-14(7-12)29-21-20(27)19(26)18(25)17(10-22)30-21/h3*2-9,17-27H,10H2,1H3/b3*3-2+/t3*17-,18-,19+,20-,21-/m111/s1. The van der Waals surface area contributed by atoms with Gasteiger partial charge in [-0.05, 0) is 106 Å². The van der Waals surface area contributed by atoms with E-state index in [1.54, 1.807) is 91.1 Å². The lowest BCUT2D eigenvalue weighted by atomic mass is 9.99. The quantitative estimate of drug-likeness (QED) is 0.0540. The number of aliphatic hydroxyl groups excluding tert-OH is 12. The number of phenols is 6. The molecule has 486 valence electrons. The van der Waals surface area contributed by atoms with Gasteiger partial charge in [0.05, 0.1) is 41.2 Å². The number of ether oxygens (including phenoxy) is 9. The van der Waals surface area contributed by atoms with Crippen molar-refractivity contribution in [3.8, 4) is 69.0 Å². The highest BCUT2D eigenvalue weighted by molar-refractivity contribution is 5.74. The topological polar surface area (TPSA) is 447 Å². The normalized spacial score (nSPS) is 26.6. The Morgan fingerprint density at radius 1 is 0.311 bits per heavy atom. The van der Waals surface area contributed by atoms with E-state index in [0.29, 0.717) is 50.6 Å². The van der Waals surface area contributed by atoms with Crippen LogP contribution in [0, 0.1) is 0 Å². The van der Waals surface area contributed by atoms with E-state index >= 15 is 0 Å². The van der Waals surface area contributed by atoms with E-state index in [4.69, 9.17) is 42.6 Å². The summed E-state index contributed by atoms with van der Waals surface area (Å²) in [6.07, 6.45) is -11.2. The lowest BCUT2D eigenvalue weighted by Gasteiger charge is -2.39. The van der Waals surface area contributed by atoms with Crippen molar-refractivity contribution in [3.63, 3.8) is 0 Å². The summed E-state index contributed by atoms with van der Waals surface area (Å²) in [5, 5.41) is 177. The Morgan fingerprint density at radius 3 is 0.778 bits per heavy atom. The summed E-state index contributed by atoms with van der Waals surface area (Å²) >= 11 is 0. The zero-order valence-corrected chi connectivity index (χ0v) is 48.4. The third kappa shape index (κ3) is 17.9. The van der Waals surface area contributed by atoms with Gasteiger partial charge in [0, 0.05) is 18.2 Å². The smallest absolute Gasteiger partial charge is 0.229 e. The summed E-state index contributed by atoms with van der Waals surface area (Å²) in [4.78, 5) is 0. The maximum absolute atomic E-state index is 10.1. The minimum Gasteiger partial charge on any atom is -0.508 e. The minimum absolute atomic E-state index is 0.0119. The number of rotatable bonds is 18. The monoisotopic (exact) mass is 1260 g/mol. The molecule has 0 saturated carbocycles. The average molecular weight is 1260 g/mol. The summed E-state index contributed by atoms with van der Waals surface area (Å²) in [5.74, 6) is 1.06. The average Bonchev–Trinajstić information content (AvgIpc) is 1.22. The second-order valence-electron chi connectivity index (χ2n) is 20.5. The van der Waals surface area contributed by atoms with Crippen molar-refractivity contribution in [2.75, 3.05) is 41.2 Å². The van der Waals surface area contributed by atoms with Crippen molar-refractivity contribution in [2.45, 2.75) is 92.1 Å². The molecule has 9 rings (SSSR count). The number of aliphatic hydroxyl groups is 12. The van der Waals surface area contributed by atoms with Crippen molar-refractivity contribution >= 4 is 36.5 Å². The number of phenolic OH excluding ortho intramolecular Hbond substituents is 6. The summed E-state index contributed by atoms with van der Waals surface area (Å²) in [6, 6.07) is 27.6. The highest BCUT2D eigenvalue weighted by Crippen LogP contribution is 2.35. The van der Waals surface area contributed by atoms with Gasteiger partial charge in [0.15, 0.2) is 34.5 Å². The lowest BCUT2D eigenvalue weighted by molar-refractivity contribution is -0.277. The van der Waals surface area contributed by atoms with Gasteiger partial charge in [0.25, 0.3) is 0 Å². The Labute approximate surface area is 514 Å².